The summed E-state index contributed by atoms with van der Waals surface area (Å²) in [4.78, 5) is 16.5. The Kier molecular flexibility index (Phi) is 4.86. The molecule has 122 valence electrons. The van der Waals surface area contributed by atoms with Crippen LogP contribution in [0, 0.1) is 5.82 Å². The zero-order valence-electron chi connectivity index (χ0n) is 13.0. The van der Waals surface area contributed by atoms with Crippen LogP contribution in [0.25, 0.3) is 10.6 Å². The molecule has 4 nitrogen and oxygen atoms in total. The fraction of sp³-hybridized carbons (Fsp3) is 0.111. The number of carbonyl (C=O) groups is 1. The molecule has 0 radical (unpaired) electrons. The highest BCUT2D eigenvalue weighted by Crippen LogP contribution is 2.25. The second-order valence-electron chi connectivity index (χ2n) is 5.08. The van der Waals surface area contributed by atoms with E-state index in [1.807, 2.05) is 24.3 Å². The summed E-state index contributed by atoms with van der Waals surface area (Å²) in [6.07, 6.45) is 0. The SMILES string of the molecule is COc1ccc(-c2nc(C(=O)NCc3ccc(F)cc3)cs2)cc1. The molecule has 0 aliphatic heterocycles. The Morgan fingerprint density at radius 3 is 2.54 bits per heavy atom. The molecule has 3 aromatic rings. The smallest absolute Gasteiger partial charge is 0.271 e. The molecule has 0 spiro atoms. The summed E-state index contributed by atoms with van der Waals surface area (Å²) >= 11 is 1.41. The Bertz CT molecular complexity index is 829. The lowest BCUT2D eigenvalue weighted by Gasteiger charge is -2.03. The third kappa shape index (κ3) is 3.78. The number of aromatic nitrogens is 1. The maximum atomic E-state index is 12.9. The van der Waals surface area contributed by atoms with Crippen molar-refractivity contribution < 1.29 is 13.9 Å². The predicted molar refractivity (Wildman–Crippen MR) is 91.7 cm³/mol. The molecule has 0 aliphatic rings. The van der Waals surface area contributed by atoms with Gasteiger partial charge in [-0.15, -0.1) is 11.3 Å². The van der Waals surface area contributed by atoms with Gasteiger partial charge in [-0.2, -0.15) is 0 Å². The average Bonchev–Trinajstić information content (AvgIpc) is 3.11. The Morgan fingerprint density at radius 2 is 1.88 bits per heavy atom. The van der Waals surface area contributed by atoms with Gasteiger partial charge in [-0.05, 0) is 42.0 Å². The van der Waals surface area contributed by atoms with Gasteiger partial charge in [-0.1, -0.05) is 12.1 Å². The van der Waals surface area contributed by atoms with Gasteiger partial charge in [0.2, 0.25) is 0 Å². The van der Waals surface area contributed by atoms with Crippen LogP contribution in [-0.4, -0.2) is 18.0 Å². The quantitative estimate of drug-likeness (QED) is 0.765. The number of halogens is 1. The fourth-order valence-electron chi connectivity index (χ4n) is 2.12. The molecule has 0 aliphatic carbocycles. The standard InChI is InChI=1S/C18H15FN2O2S/c1-23-15-8-4-13(5-9-15)18-21-16(11-24-18)17(22)20-10-12-2-6-14(19)7-3-12/h2-9,11H,10H2,1H3,(H,20,22). The first-order chi connectivity index (χ1) is 11.7. The Morgan fingerprint density at radius 1 is 1.17 bits per heavy atom. The summed E-state index contributed by atoms with van der Waals surface area (Å²) in [5.74, 6) is 0.219. The van der Waals surface area contributed by atoms with Crippen molar-refractivity contribution in [2.24, 2.45) is 0 Å². The number of thiazole rings is 1. The number of hydrogen-bond donors (Lipinski definition) is 1. The number of nitrogens with zero attached hydrogens (tertiary/aromatic N) is 1. The minimum Gasteiger partial charge on any atom is -0.497 e. The molecule has 6 heteroatoms. The molecule has 0 bridgehead atoms. The summed E-state index contributed by atoms with van der Waals surface area (Å²) < 4.78 is 18.0. The van der Waals surface area contributed by atoms with Gasteiger partial charge in [0.15, 0.2) is 0 Å². The van der Waals surface area contributed by atoms with E-state index in [1.54, 1.807) is 24.6 Å². The summed E-state index contributed by atoms with van der Waals surface area (Å²) in [7, 11) is 1.61. The summed E-state index contributed by atoms with van der Waals surface area (Å²) in [6, 6.07) is 13.5. The molecule has 0 unspecified atom stereocenters. The minimum absolute atomic E-state index is 0.254. The minimum atomic E-state index is -0.297. The third-order valence-electron chi connectivity index (χ3n) is 3.44. The predicted octanol–water partition coefficient (Wildman–Crippen LogP) is 3.89. The van der Waals surface area contributed by atoms with E-state index in [0.29, 0.717) is 12.2 Å². The number of hydrogen-bond acceptors (Lipinski definition) is 4. The van der Waals surface area contributed by atoms with E-state index in [2.05, 4.69) is 10.3 Å². The molecule has 1 aromatic heterocycles. The van der Waals surface area contributed by atoms with Crippen LogP contribution in [0.3, 0.4) is 0 Å². The van der Waals surface area contributed by atoms with Gasteiger partial charge in [0.1, 0.15) is 22.3 Å². The van der Waals surface area contributed by atoms with Gasteiger partial charge in [-0.25, -0.2) is 9.37 Å². The van der Waals surface area contributed by atoms with E-state index < -0.39 is 0 Å². The lowest BCUT2D eigenvalue weighted by molar-refractivity contribution is 0.0946. The van der Waals surface area contributed by atoms with Crippen LogP contribution in [0.2, 0.25) is 0 Å². The van der Waals surface area contributed by atoms with E-state index in [0.717, 1.165) is 21.9 Å². The van der Waals surface area contributed by atoms with E-state index >= 15 is 0 Å². The van der Waals surface area contributed by atoms with Crippen LogP contribution in [-0.2, 0) is 6.54 Å². The first kappa shape index (κ1) is 16.1. The highest BCUT2D eigenvalue weighted by atomic mass is 32.1. The van der Waals surface area contributed by atoms with Gasteiger partial charge in [-0.3, -0.25) is 4.79 Å². The number of carbonyl (C=O) groups excluding carboxylic acids is 1. The van der Waals surface area contributed by atoms with E-state index in [-0.39, 0.29) is 11.7 Å². The van der Waals surface area contributed by atoms with E-state index in [9.17, 15) is 9.18 Å². The Hall–Kier alpha value is -2.73. The largest absolute Gasteiger partial charge is 0.497 e. The average molecular weight is 342 g/mol. The maximum Gasteiger partial charge on any atom is 0.271 e. The van der Waals surface area contributed by atoms with Gasteiger partial charge in [0.25, 0.3) is 5.91 Å². The molecule has 0 fully saturated rings. The summed E-state index contributed by atoms with van der Waals surface area (Å²) in [6.45, 7) is 0.328. The highest BCUT2D eigenvalue weighted by Gasteiger charge is 2.11. The van der Waals surface area contributed by atoms with Crippen LogP contribution in [0.4, 0.5) is 4.39 Å². The lowest BCUT2D eigenvalue weighted by atomic mass is 10.2. The molecule has 1 N–H and O–H groups in total. The number of nitrogens with one attached hydrogen (secondary N) is 1. The van der Waals surface area contributed by atoms with E-state index in [1.165, 1.54) is 23.5 Å². The number of ether oxygens (including phenoxy) is 1. The first-order valence-corrected chi connectivity index (χ1v) is 8.16. The van der Waals surface area contributed by atoms with Crippen LogP contribution < -0.4 is 10.1 Å². The molecule has 0 saturated carbocycles. The fourth-order valence-corrected chi connectivity index (χ4v) is 2.93. The number of benzene rings is 2. The second-order valence-corrected chi connectivity index (χ2v) is 5.93. The number of rotatable bonds is 5. The van der Waals surface area contributed by atoms with Crippen LogP contribution in [0.1, 0.15) is 16.1 Å². The zero-order chi connectivity index (χ0) is 16.9. The van der Waals surface area contributed by atoms with Crippen molar-refractivity contribution in [2.75, 3.05) is 7.11 Å². The summed E-state index contributed by atoms with van der Waals surface area (Å²) in [5, 5.41) is 5.27. The molecule has 1 heterocycles. The molecular weight excluding hydrogens is 327 g/mol. The molecule has 0 saturated heterocycles. The second kappa shape index (κ2) is 7.23. The Labute approximate surface area is 142 Å². The molecule has 1 amide bonds. The van der Waals surface area contributed by atoms with E-state index in [4.69, 9.17) is 4.74 Å². The van der Waals surface area contributed by atoms with Crippen LogP contribution in [0.5, 0.6) is 5.75 Å². The van der Waals surface area contributed by atoms with Crippen molar-refractivity contribution in [3.63, 3.8) is 0 Å². The Balaban J connectivity index is 1.65. The summed E-state index contributed by atoms with van der Waals surface area (Å²) in [5.41, 5.74) is 2.13. The monoisotopic (exact) mass is 342 g/mol. The molecule has 24 heavy (non-hydrogen) atoms. The van der Waals surface area contributed by atoms with Crippen molar-refractivity contribution >= 4 is 17.2 Å². The van der Waals surface area contributed by atoms with Gasteiger partial charge < -0.3 is 10.1 Å². The molecule has 2 aromatic carbocycles. The van der Waals surface area contributed by atoms with Crippen molar-refractivity contribution in [3.05, 3.63) is 71.0 Å². The van der Waals surface area contributed by atoms with Crippen molar-refractivity contribution in [1.82, 2.24) is 10.3 Å². The zero-order valence-corrected chi connectivity index (χ0v) is 13.8. The number of amides is 1. The lowest BCUT2D eigenvalue weighted by Crippen LogP contribution is -2.23. The molecule has 0 atom stereocenters. The molecular formula is C18H15FN2O2S. The van der Waals surface area contributed by atoms with Gasteiger partial charge in [0, 0.05) is 17.5 Å². The first-order valence-electron chi connectivity index (χ1n) is 7.28. The number of methoxy groups -OCH3 is 1. The van der Waals surface area contributed by atoms with Crippen LogP contribution in [0.15, 0.2) is 53.9 Å². The molecule has 3 rings (SSSR count). The van der Waals surface area contributed by atoms with Gasteiger partial charge >= 0.3 is 0 Å². The van der Waals surface area contributed by atoms with Crippen molar-refractivity contribution in [2.45, 2.75) is 6.54 Å². The normalized spacial score (nSPS) is 10.4. The van der Waals surface area contributed by atoms with Gasteiger partial charge in [0.05, 0.1) is 7.11 Å². The van der Waals surface area contributed by atoms with Crippen molar-refractivity contribution in [3.8, 4) is 16.3 Å². The van der Waals surface area contributed by atoms with Crippen molar-refractivity contribution in [1.29, 1.82) is 0 Å². The third-order valence-corrected chi connectivity index (χ3v) is 4.33. The maximum absolute atomic E-state index is 12.9. The van der Waals surface area contributed by atoms with Crippen LogP contribution >= 0.6 is 11.3 Å². The highest BCUT2D eigenvalue weighted by molar-refractivity contribution is 7.13. The topological polar surface area (TPSA) is 51.2 Å².